The second-order valence-corrected chi connectivity index (χ2v) is 9.52. The Morgan fingerprint density at radius 3 is 2.55 bits per heavy atom. The number of amides is 2. The predicted octanol–water partition coefficient (Wildman–Crippen LogP) is 3.47. The lowest BCUT2D eigenvalue weighted by Crippen LogP contribution is -2.63. The number of nitrogens with zero attached hydrogens (tertiary/aromatic N) is 5. The molecule has 1 aromatic carbocycles. The Labute approximate surface area is 188 Å². The normalized spacial score (nSPS) is 23.2. The van der Waals surface area contributed by atoms with Gasteiger partial charge in [-0.25, -0.2) is 9.18 Å². The molecule has 3 aliphatic heterocycles. The lowest BCUT2D eigenvalue weighted by atomic mass is 9.72. The van der Waals surface area contributed by atoms with Gasteiger partial charge in [-0.1, -0.05) is 6.07 Å². The summed E-state index contributed by atoms with van der Waals surface area (Å²) in [5.74, 6) is 0.197. The van der Waals surface area contributed by atoms with E-state index in [1.54, 1.807) is 6.33 Å². The fraction of sp³-hybridized carbons (Fsp3) is 0.591. The van der Waals surface area contributed by atoms with E-state index in [1.165, 1.54) is 6.07 Å². The molecule has 2 amide bonds. The van der Waals surface area contributed by atoms with Crippen LogP contribution in [-0.4, -0.2) is 75.2 Å². The standard InChI is InChI=1S/C22H26F4N6O/c23-18-9-17(22(24,25)26)2-1-15(18)10-30-7-4-21(5-8-30)12-32(13-21)20(33)31-6-3-16(11-31)19-27-14-28-29-19/h1-2,9,14,16H,3-8,10-13H2,(H,27,28,29)/t16-/m0/s1. The summed E-state index contributed by atoms with van der Waals surface area (Å²) in [6.45, 7) is 4.55. The van der Waals surface area contributed by atoms with Crippen molar-refractivity contribution < 1.29 is 22.4 Å². The summed E-state index contributed by atoms with van der Waals surface area (Å²) in [6, 6.07) is 2.80. The van der Waals surface area contributed by atoms with Gasteiger partial charge in [0.1, 0.15) is 18.0 Å². The molecule has 3 fully saturated rings. The predicted molar refractivity (Wildman–Crippen MR) is 111 cm³/mol. The van der Waals surface area contributed by atoms with Crippen molar-refractivity contribution in [1.29, 1.82) is 0 Å². The van der Waals surface area contributed by atoms with Crippen molar-refractivity contribution in [3.8, 4) is 0 Å². The Bertz CT molecular complexity index is 995. The first-order valence-corrected chi connectivity index (χ1v) is 11.2. The average molecular weight is 466 g/mol. The third-order valence-electron chi connectivity index (χ3n) is 7.30. The number of hydrogen-bond acceptors (Lipinski definition) is 4. The van der Waals surface area contributed by atoms with Gasteiger partial charge in [-0.3, -0.25) is 4.90 Å². The van der Waals surface area contributed by atoms with Crippen LogP contribution in [0.4, 0.5) is 22.4 Å². The summed E-state index contributed by atoms with van der Waals surface area (Å²) in [5, 5.41) is 7.88. The molecule has 1 atom stereocenters. The molecule has 0 bridgehead atoms. The Balaban J connectivity index is 1.10. The summed E-state index contributed by atoms with van der Waals surface area (Å²) < 4.78 is 52.4. The van der Waals surface area contributed by atoms with Crippen LogP contribution >= 0.6 is 0 Å². The van der Waals surface area contributed by atoms with Crippen LogP contribution in [0, 0.1) is 11.2 Å². The van der Waals surface area contributed by atoms with Crippen molar-refractivity contribution in [3.63, 3.8) is 0 Å². The molecule has 0 saturated carbocycles. The number of carbonyl (C=O) groups excluding carboxylic acids is 1. The van der Waals surface area contributed by atoms with Gasteiger partial charge < -0.3 is 14.8 Å². The molecule has 7 nitrogen and oxygen atoms in total. The summed E-state index contributed by atoms with van der Waals surface area (Å²) in [5.41, 5.74) is -0.597. The van der Waals surface area contributed by atoms with Crippen LogP contribution < -0.4 is 0 Å². The lowest BCUT2D eigenvalue weighted by molar-refractivity contribution is -0.137. The zero-order chi connectivity index (χ0) is 23.2. The first-order valence-electron chi connectivity index (χ1n) is 11.2. The monoisotopic (exact) mass is 466 g/mol. The van der Waals surface area contributed by atoms with E-state index in [9.17, 15) is 22.4 Å². The number of likely N-dealkylation sites (tertiary alicyclic amines) is 3. The number of carbonyl (C=O) groups is 1. The van der Waals surface area contributed by atoms with Gasteiger partial charge in [0.15, 0.2) is 0 Å². The van der Waals surface area contributed by atoms with Crippen LogP contribution in [0.2, 0.25) is 0 Å². The SMILES string of the molecule is O=C(N1CC[C@H](c2nnc[nH]2)C1)N1CC2(CCN(Cc3ccc(C(F)(F)F)cc3F)CC2)C1. The summed E-state index contributed by atoms with van der Waals surface area (Å²) in [6.07, 6.45) is -0.345. The van der Waals surface area contributed by atoms with Gasteiger partial charge in [0.2, 0.25) is 0 Å². The van der Waals surface area contributed by atoms with Gasteiger partial charge in [-0.2, -0.15) is 13.2 Å². The Kier molecular flexibility index (Phi) is 5.54. The second kappa shape index (κ2) is 8.27. The van der Waals surface area contributed by atoms with E-state index in [2.05, 4.69) is 20.1 Å². The number of alkyl halides is 3. The minimum Gasteiger partial charge on any atom is -0.331 e. The second-order valence-electron chi connectivity index (χ2n) is 9.52. The van der Waals surface area contributed by atoms with Crippen LogP contribution in [0.5, 0.6) is 0 Å². The number of benzene rings is 1. The van der Waals surface area contributed by atoms with E-state index in [0.717, 1.165) is 57.3 Å². The van der Waals surface area contributed by atoms with Crippen LogP contribution in [-0.2, 0) is 12.7 Å². The smallest absolute Gasteiger partial charge is 0.331 e. The third-order valence-corrected chi connectivity index (χ3v) is 7.30. The largest absolute Gasteiger partial charge is 0.416 e. The maximum atomic E-state index is 14.2. The molecule has 1 aromatic heterocycles. The highest BCUT2D eigenvalue weighted by Gasteiger charge is 2.48. The van der Waals surface area contributed by atoms with Gasteiger partial charge in [-0.15, -0.1) is 10.2 Å². The molecule has 4 heterocycles. The average Bonchev–Trinajstić information content (AvgIpc) is 3.45. The molecule has 33 heavy (non-hydrogen) atoms. The highest BCUT2D eigenvalue weighted by molar-refractivity contribution is 5.76. The van der Waals surface area contributed by atoms with E-state index < -0.39 is 17.6 Å². The van der Waals surface area contributed by atoms with E-state index in [1.807, 2.05) is 9.80 Å². The quantitative estimate of drug-likeness (QED) is 0.704. The molecule has 1 spiro atoms. The first-order chi connectivity index (χ1) is 15.7. The molecule has 2 aromatic rings. The number of halogens is 4. The molecule has 11 heteroatoms. The van der Waals surface area contributed by atoms with Gasteiger partial charge in [0.05, 0.1) is 5.56 Å². The third kappa shape index (κ3) is 4.42. The molecule has 0 radical (unpaired) electrons. The van der Waals surface area contributed by atoms with Gasteiger partial charge in [-0.05, 0) is 44.5 Å². The topological polar surface area (TPSA) is 68.4 Å². The van der Waals surface area contributed by atoms with Gasteiger partial charge >= 0.3 is 12.2 Å². The number of hydrogen-bond donors (Lipinski definition) is 1. The van der Waals surface area contributed by atoms with E-state index in [0.29, 0.717) is 25.7 Å². The number of aromatic amines is 1. The molecule has 0 unspecified atom stereocenters. The molecule has 3 saturated heterocycles. The highest BCUT2D eigenvalue weighted by Crippen LogP contribution is 2.42. The molecular weight excluding hydrogens is 440 g/mol. The fourth-order valence-electron chi connectivity index (χ4n) is 5.26. The summed E-state index contributed by atoms with van der Waals surface area (Å²) in [4.78, 5) is 21.8. The molecule has 3 aliphatic rings. The fourth-order valence-corrected chi connectivity index (χ4v) is 5.26. The van der Waals surface area contributed by atoms with Gasteiger partial charge in [0, 0.05) is 49.6 Å². The van der Waals surface area contributed by atoms with Crippen molar-refractivity contribution in [2.75, 3.05) is 39.3 Å². The number of nitrogens with one attached hydrogen (secondary N) is 1. The minimum absolute atomic E-state index is 0.0666. The number of urea groups is 1. The van der Waals surface area contributed by atoms with Crippen LogP contribution in [0.15, 0.2) is 24.5 Å². The molecular formula is C22H26F4N6O. The van der Waals surface area contributed by atoms with E-state index in [-0.39, 0.29) is 22.9 Å². The van der Waals surface area contributed by atoms with E-state index >= 15 is 0 Å². The van der Waals surface area contributed by atoms with Crippen molar-refractivity contribution in [3.05, 3.63) is 47.3 Å². The van der Waals surface area contributed by atoms with Crippen molar-refractivity contribution >= 4 is 6.03 Å². The minimum atomic E-state index is -4.55. The maximum Gasteiger partial charge on any atom is 0.416 e. The number of rotatable bonds is 3. The lowest BCUT2D eigenvalue weighted by Gasteiger charge is -2.54. The number of aromatic nitrogens is 3. The molecule has 5 rings (SSSR count). The molecule has 1 N–H and O–H groups in total. The zero-order valence-corrected chi connectivity index (χ0v) is 18.1. The van der Waals surface area contributed by atoms with E-state index in [4.69, 9.17) is 0 Å². The Morgan fingerprint density at radius 2 is 1.91 bits per heavy atom. The molecule has 0 aliphatic carbocycles. The van der Waals surface area contributed by atoms with Crippen molar-refractivity contribution in [1.82, 2.24) is 29.9 Å². The maximum absolute atomic E-state index is 14.2. The Hall–Kier alpha value is -2.69. The van der Waals surface area contributed by atoms with Crippen molar-refractivity contribution in [2.45, 2.75) is 37.9 Å². The highest BCUT2D eigenvalue weighted by atomic mass is 19.4. The van der Waals surface area contributed by atoms with Crippen molar-refractivity contribution in [2.24, 2.45) is 5.41 Å². The van der Waals surface area contributed by atoms with Gasteiger partial charge in [0.25, 0.3) is 0 Å². The van der Waals surface area contributed by atoms with Crippen LogP contribution in [0.25, 0.3) is 0 Å². The first kappa shape index (κ1) is 22.1. The summed E-state index contributed by atoms with van der Waals surface area (Å²) >= 11 is 0. The van der Waals surface area contributed by atoms with Crippen LogP contribution in [0.1, 0.15) is 42.1 Å². The molecule has 178 valence electrons. The summed E-state index contributed by atoms with van der Waals surface area (Å²) in [7, 11) is 0. The number of piperidine rings is 1. The van der Waals surface area contributed by atoms with Crippen LogP contribution in [0.3, 0.4) is 0 Å². The zero-order valence-electron chi connectivity index (χ0n) is 18.1. The number of H-pyrrole nitrogens is 1. The Morgan fingerprint density at radius 1 is 1.15 bits per heavy atom.